The summed E-state index contributed by atoms with van der Waals surface area (Å²) in [7, 11) is -3.61. The Morgan fingerprint density at radius 2 is 1.75 bits per heavy atom. The van der Waals surface area contributed by atoms with Crippen molar-refractivity contribution in [1.82, 2.24) is 9.29 Å². The van der Waals surface area contributed by atoms with E-state index in [1.165, 1.54) is 40.8 Å². The van der Waals surface area contributed by atoms with Gasteiger partial charge in [0, 0.05) is 19.3 Å². The quantitative estimate of drug-likeness (QED) is 0.651. The largest absolute Gasteiger partial charge is 0.452 e. The molecule has 0 radical (unpaired) electrons. The predicted octanol–water partition coefficient (Wildman–Crippen LogP) is 2.56. The number of carbonyl (C=O) groups excluding carboxylic acids is 2. The van der Waals surface area contributed by atoms with Gasteiger partial charge in [0.15, 0.2) is 6.61 Å². The van der Waals surface area contributed by atoms with E-state index in [9.17, 15) is 18.0 Å². The number of hydrogen-bond acceptors (Lipinski definition) is 6. The molecule has 1 heterocycles. The summed E-state index contributed by atoms with van der Waals surface area (Å²) in [5, 5.41) is 2.89. The van der Waals surface area contributed by atoms with Crippen molar-refractivity contribution < 1.29 is 22.7 Å². The van der Waals surface area contributed by atoms with Crippen LogP contribution in [0.1, 0.15) is 24.2 Å². The summed E-state index contributed by atoms with van der Waals surface area (Å²) in [4.78, 5) is 27.9. The molecule has 0 saturated carbocycles. The molecule has 10 heteroatoms. The van der Waals surface area contributed by atoms with Crippen LogP contribution in [-0.4, -0.2) is 49.3 Å². The van der Waals surface area contributed by atoms with Crippen molar-refractivity contribution in [3.8, 4) is 0 Å². The molecule has 1 N–H and O–H groups in total. The van der Waals surface area contributed by atoms with E-state index in [0.717, 1.165) is 0 Å². The number of esters is 1. The van der Waals surface area contributed by atoms with E-state index < -0.39 is 28.5 Å². The second-order valence-electron chi connectivity index (χ2n) is 5.60. The molecule has 0 atom stereocenters. The number of carbonyl (C=O) groups is 2. The molecule has 0 fully saturated rings. The van der Waals surface area contributed by atoms with Gasteiger partial charge in [-0.2, -0.15) is 4.31 Å². The van der Waals surface area contributed by atoms with E-state index in [2.05, 4.69) is 10.3 Å². The van der Waals surface area contributed by atoms with Crippen LogP contribution in [0.2, 0.25) is 5.02 Å². The molecule has 0 saturated heterocycles. The minimum absolute atomic E-state index is 0.0827. The number of ether oxygens (including phenoxy) is 1. The Morgan fingerprint density at radius 3 is 2.29 bits per heavy atom. The monoisotopic (exact) mass is 425 g/mol. The Balaban J connectivity index is 1.95. The van der Waals surface area contributed by atoms with Gasteiger partial charge >= 0.3 is 5.97 Å². The second-order valence-corrected chi connectivity index (χ2v) is 7.97. The molecule has 8 nitrogen and oxygen atoms in total. The molecule has 28 heavy (non-hydrogen) atoms. The summed E-state index contributed by atoms with van der Waals surface area (Å²) < 4.78 is 31.1. The lowest BCUT2D eigenvalue weighted by atomic mass is 10.2. The summed E-state index contributed by atoms with van der Waals surface area (Å²) in [5.74, 6) is -1.04. The van der Waals surface area contributed by atoms with Crippen LogP contribution in [0.5, 0.6) is 0 Å². The minimum Gasteiger partial charge on any atom is -0.452 e. The van der Waals surface area contributed by atoms with Crippen LogP contribution >= 0.6 is 11.6 Å². The average Bonchev–Trinajstić information content (AvgIpc) is 2.68. The van der Waals surface area contributed by atoms with Crippen molar-refractivity contribution in [3.05, 3.63) is 53.2 Å². The normalized spacial score (nSPS) is 11.3. The van der Waals surface area contributed by atoms with Crippen LogP contribution in [0.4, 0.5) is 5.82 Å². The van der Waals surface area contributed by atoms with E-state index >= 15 is 0 Å². The van der Waals surface area contributed by atoms with Crippen LogP contribution in [-0.2, 0) is 19.6 Å². The number of sulfonamides is 1. The number of nitrogens with zero attached hydrogens (tertiary/aromatic N) is 2. The third-order valence-corrected chi connectivity index (χ3v) is 6.05. The molecular weight excluding hydrogens is 406 g/mol. The van der Waals surface area contributed by atoms with Gasteiger partial charge in [0.1, 0.15) is 5.82 Å². The summed E-state index contributed by atoms with van der Waals surface area (Å²) in [6.45, 7) is 3.68. The highest BCUT2D eigenvalue weighted by molar-refractivity contribution is 7.89. The van der Waals surface area contributed by atoms with E-state index in [1.54, 1.807) is 19.9 Å². The molecule has 1 amide bonds. The van der Waals surface area contributed by atoms with E-state index in [1.807, 2.05) is 0 Å². The third kappa shape index (κ3) is 5.51. The van der Waals surface area contributed by atoms with Gasteiger partial charge in [0.05, 0.1) is 15.5 Å². The number of benzene rings is 1. The molecule has 2 rings (SSSR count). The zero-order chi connectivity index (χ0) is 20.7. The minimum atomic E-state index is -3.61. The predicted molar refractivity (Wildman–Crippen MR) is 105 cm³/mol. The average molecular weight is 426 g/mol. The topological polar surface area (TPSA) is 106 Å². The maximum atomic E-state index is 12.4. The van der Waals surface area contributed by atoms with Crippen LogP contribution in [0.3, 0.4) is 0 Å². The third-order valence-electron chi connectivity index (χ3n) is 3.76. The van der Waals surface area contributed by atoms with Gasteiger partial charge in [-0.3, -0.25) is 4.79 Å². The van der Waals surface area contributed by atoms with Crippen LogP contribution < -0.4 is 5.32 Å². The number of pyridine rings is 1. The van der Waals surface area contributed by atoms with E-state index in [0.29, 0.717) is 18.1 Å². The number of aromatic nitrogens is 1. The van der Waals surface area contributed by atoms with Crippen molar-refractivity contribution in [1.29, 1.82) is 0 Å². The summed E-state index contributed by atoms with van der Waals surface area (Å²) in [6.07, 6.45) is 1.37. The SMILES string of the molecule is CCN(CC)S(=O)(=O)c1ccc(C(=O)OCC(=O)Nc2ccc(Cl)cn2)cc1. The fraction of sp³-hybridized carbons (Fsp3) is 0.278. The van der Waals surface area contributed by atoms with Crippen molar-refractivity contribution in [2.45, 2.75) is 18.7 Å². The summed E-state index contributed by atoms with van der Waals surface area (Å²) >= 11 is 5.71. The smallest absolute Gasteiger partial charge is 0.338 e. The molecule has 0 bridgehead atoms. The highest BCUT2D eigenvalue weighted by Crippen LogP contribution is 2.16. The van der Waals surface area contributed by atoms with E-state index in [4.69, 9.17) is 16.3 Å². The molecule has 0 unspecified atom stereocenters. The Kier molecular flexibility index (Phi) is 7.50. The Labute approximate surface area is 168 Å². The first kappa shape index (κ1) is 21.8. The molecule has 1 aromatic carbocycles. The molecule has 150 valence electrons. The van der Waals surface area contributed by atoms with Gasteiger partial charge in [-0.1, -0.05) is 25.4 Å². The van der Waals surface area contributed by atoms with Gasteiger partial charge in [-0.25, -0.2) is 18.2 Å². The lowest BCUT2D eigenvalue weighted by Crippen LogP contribution is -2.30. The van der Waals surface area contributed by atoms with Crippen molar-refractivity contribution in [2.75, 3.05) is 25.0 Å². The number of amides is 1. The number of halogens is 1. The zero-order valence-corrected chi connectivity index (χ0v) is 17.0. The van der Waals surface area contributed by atoms with Crippen molar-refractivity contribution >= 4 is 39.3 Å². The fourth-order valence-corrected chi connectivity index (χ4v) is 3.89. The molecular formula is C18H20ClN3O5S. The van der Waals surface area contributed by atoms with Crippen LogP contribution in [0.15, 0.2) is 47.5 Å². The number of anilines is 1. The van der Waals surface area contributed by atoms with Crippen LogP contribution in [0.25, 0.3) is 0 Å². The fourth-order valence-electron chi connectivity index (χ4n) is 2.32. The lowest BCUT2D eigenvalue weighted by Gasteiger charge is -2.18. The van der Waals surface area contributed by atoms with Gasteiger partial charge in [0.2, 0.25) is 10.0 Å². The number of hydrogen-bond donors (Lipinski definition) is 1. The molecule has 1 aromatic heterocycles. The Bertz CT molecular complexity index is 927. The van der Waals surface area contributed by atoms with Gasteiger partial charge in [-0.05, 0) is 36.4 Å². The maximum Gasteiger partial charge on any atom is 0.338 e. The summed E-state index contributed by atoms with van der Waals surface area (Å²) in [6, 6.07) is 8.43. The molecule has 0 spiro atoms. The lowest BCUT2D eigenvalue weighted by molar-refractivity contribution is -0.119. The zero-order valence-electron chi connectivity index (χ0n) is 15.4. The second kappa shape index (κ2) is 9.63. The van der Waals surface area contributed by atoms with Gasteiger partial charge in [-0.15, -0.1) is 0 Å². The maximum absolute atomic E-state index is 12.4. The highest BCUT2D eigenvalue weighted by atomic mass is 35.5. The molecule has 0 aliphatic rings. The standard InChI is InChI=1S/C18H20ClN3O5S/c1-3-22(4-2)28(25,26)15-8-5-13(6-9-15)18(24)27-12-17(23)21-16-10-7-14(19)11-20-16/h5-11H,3-4,12H2,1-2H3,(H,20,21,23). The highest BCUT2D eigenvalue weighted by Gasteiger charge is 2.22. The first-order valence-corrected chi connectivity index (χ1v) is 10.3. The van der Waals surface area contributed by atoms with Crippen molar-refractivity contribution in [2.24, 2.45) is 0 Å². The molecule has 0 aliphatic carbocycles. The summed E-state index contributed by atoms with van der Waals surface area (Å²) in [5.41, 5.74) is 0.135. The van der Waals surface area contributed by atoms with Crippen molar-refractivity contribution in [3.63, 3.8) is 0 Å². The Morgan fingerprint density at radius 1 is 1.11 bits per heavy atom. The van der Waals surface area contributed by atoms with Gasteiger partial charge < -0.3 is 10.1 Å². The van der Waals surface area contributed by atoms with E-state index in [-0.39, 0.29) is 16.3 Å². The first-order chi connectivity index (χ1) is 13.3. The molecule has 2 aromatic rings. The van der Waals surface area contributed by atoms with Gasteiger partial charge in [0.25, 0.3) is 5.91 Å². The number of nitrogens with one attached hydrogen (secondary N) is 1. The number of rotatable bonds is 8. The molecule has 0 aliphatic heterocycles. The van der Waals surface area contributed by atoms with Crippen LogP contribution in [0, 0.1) is 0 Å². The first-order valence-electron chi connectivity index (χ1n) is 8.46. The Hall–Kier alpha value is -2.49.